The highest BCUT2D eigenvalue weighted by Gasteiger charge is 2.20. The first-order chi connectivity index (χ1) is 10.1. The van der Waals surface area contributed by atoms with Crippen molar-refractivity contribution < 1.29 is 4.79 Å². The first kappa shape index (κ1) is 16.4. The van der Waals surface area contributed by atoms with E-state index in [1.807, 2.05) is 13.8 Å². The molecular formula is C17H26N2OS. The topological polar surface area (TPSA) is 41.1 Å². The van der Waals surface area contributed by atoms with Crippen LogP contribution in [0.4, 0.5) is 0 Å². The predicted molar refractivity (Wildman–Crippen MR) is 89.5 cm³/mol. The van der Waals surface area contributed by atoms with Crippen molar-refractivity contribution in [3.8, 4) is 0 Å². The van der Waals surface area contributed by atoms with Crippen LogP contribution in [0.15, 0.2) is 29.2 Å². The fourth-order valence-electron chi connectivity index (χ4n) is 2.00. The van der Waals surface area contributed by atoms with Crippen LogP contribution in [0, 0.1) is 0 Å². The molecule has 4 heteroatoms. The van der Waals surface area contributed by atoms with E-state index in [-0.39, 0.29) is 17.2 Å². The molecule has 1 aliphatic carbocycles. The second-order valence-electron chi connectivity index (χ2n) is 5.88. The number of benzene rings is 1. The van der Waals surface area contributed by atoms with Gasteiger partial charge in [-0.05, 0) is 50.8 Å². The first-order valence-electron chi connectivity index (χ1n) is 7.88. The van der Waals surface area contributed by atoms with Crippen LogP contribution in [-0.4, -0.2) is 23.2 Å². The summed E-state index contributed by atoms with van der Waals surface area (Å²) in [5.74, 6) is 0.121. The summed E-state index contributed by atoms with van der Waals surface area (Å²) in [6.07, 6.45) is 3.58. The number of nitrogens with one attached hydrogen (secondary N) is 2. The third-order valence-electron chi connectivity index (χ3n) is 3.75. The van der Waals surface area contributed by atoms with E-state index in [4.69, 9.17) is 0 Å². The van der Waals surface area contributed by atoms with Crippen LogP contribution in [0.1, 0.15) is 45.6 Å². The third kappa shape index (κ3) is 5.71. The van der Waals surface area contributed by atoms with E-state index in [0.29, 0.717) is 0 Å². The molecular weight excluding hydrogens is 280 g/mol. The molecule has 2 rings (SSSR count). The van der Waals surface area contributed by atoms with E-state index >= 15 is 0 Å². The standard InChI is InChI=1S/C17H26N2OS/c1-4-12(2)19-17(20)13(3)21-16-7-5-6-14(10-16)11-18-15-8-9-15/h5-7,10,12-13,15,18H,4,8-9,11H2,1-3H3,(H,19,20). The van der Waals surface area contributed by atoms with Crippen molar-refractivity contribution in [2.24, 2.45) is 0 Å². The normalized spacial score (nSPS) is 17.3. The maximum atomic E-state index is 12.1. The summed E-state index contributed by atoms with van der Waals surface area (Å²) in [6, 6.07) is 9.46. The maximum Gasteiger partial charge on any atom is 0.233 e. The molecule has 0 spiro atoms. The monoisotopic (exact) mass is 306 g/mol. The second kappa shape index (κ2) is 7.85. The number of carbonyl (C=O) groups excluding carboxylic acids is 1. The number of hydrogen-bond donors (Lipinski definition) is 2. The van der Waals surface area contributed by atoms with Crippen molar-refractivity contribution in [1.82, 2.24) is 10.6 Å². The van der Waals surface area contributed by atoms with Gasteiger partial charge in [-0.3, -0.25) is 4.79 Å². The van der Waals surface area contributed by atoms with Gasteiger partial charge in [0.05, 0.1) is 5.25 Å². The van der Waals surface area contributed by atoms with E-state index in [1.165, 1.54) is 18.4 Å². The average Bonchev–Trinajstić information content (AvgIpc) is 3.29. The molecule has 1 aromatic carbocycles. The molecule has 21 heavy (non-hydrogen) atoms. The second-order valence-corrected chi connectivity index (χ2v) is 7.29. The van der Waals surface area contributed by atoms with Gasteiger partial charge in [-0.1, -0.05) is 19.1 Å². The molecule has 1 saturated carbocycles. The fourth-order valence-corrected chi connectivity index (χ4v) is 2.96. The molecule has 0 aromatic heterocycles. The number of carbonyl (C=O) groups is 1. The van der Waals surface area contributed by atoms with Crippen LogP contribution < -0.4 is 10.6 Å². The maximum absolute atomic E-state index is 12.1. The molecule has 1 aromatic rings. The molecule has 3 nitrogen and oxygen atoms in total. The van der Waals surface area contributed by atoms with Crippen LogP contribution in [0.25, 0.3) is 0 Å². The predicted octanol–water partition coefficient (Wildman–Crippen LogP) is 3.33. The van der Waals surface area contributed by atoms with Crippen LogP contribution in [0.2, 0.25) is 0 Å². The lowest BCUT2D eigenvalue weighted by Crippen LogP contribution is -2.37. The third-order valence-corrected chi connectivity index (χ3v) is 4.85. The Morgan fingerprint density at radius 2 is 2.14 bits per heavy atom. The Bertz CT molecular complexity index is 474. The van der Waals surface area contributed by atoms with Crippen molar-refractivity contribution in [2.75, 3.05) is 0 Å². The highest BCUT2D eigenvalue weighted by atomic mass is 32.2. The van der Waals surface area contributed by atoms with Gasteiger partial charge in [0, 0.05) is 23.5 Å². The SMILES string of the molecule is CCC(C)NC(=O)C(C)Sc1cccc(CNC2CC2)c1. The van der Waals surface area contributed by atoms with Gasteiger partial charge < -0.3 is 10.6 Å². The van der Waals surface area contributed by atoms with E-state index < -0.39 is 0 Å². The Morgan fingerprint density at radius 1 is 1.38 bits per heavy atom. The summed E-state index contributed by atoms with van der Waals surface area (Å²) in [7, 11) is 0. The highest BCUT2D eigenvalue weighted by Crippen LogP contribution is 2.25. The summed E-state index contributed by atoms with van der Waals surface area (Å²) < 4.78 is 0. The smallest absolute Gasteiger partial charge is 0.233 e. The number of hydrogen-bond acceptors (Lipinski definition) is 3. The lowest BCUT2D eigenvalue weighted by Gasteiger charge is -2.16. The molecule has 0 saturated heterocycles. The molecule has 0 heterocycles. The Labute approximate surface area is 132 Å². The van der Waals surface area contributed by atoms with Crippen molar-refractivity contribution in [2.45, 2.75) is 68.8 Å². The lowest BCUT2D eigenvalue weighted by atomic mass is 10.2. The fraction of sp³-hybridized carbons (Fsp3) is 0.588. The summed E-state index contributed by atoms with van der Waals surface area (Å²) in [5, 5.41) is 6.50. The molecule has 2 N–H and O–H groups in total. The van der Waals surface area contributed by atoms with E-state index in [1.54, 1.807) is 11.8 Å². The van der Waals surface area contributed by atoms with Gasteiger partial charge in [0.25, 0.3) is 0 Å². The zero-order valence-corrected chi connectivity index (χ0v) is 14.0. The zero-order chi connectivity index (χ0) is 15.2. The van der Waals surface area contributed by atoms with Gasteiger partial charge in [0.15, 0.2) is 0 Å². The first-order valence-corrected chi connectivity index (χ1v) is 8.75. The van der Waals surface area contributed by atoms with Gasteiger partial charge >= 0.3 is 0 Å². The van der Waals surface area contributed by atoms with Gasteiger partial charge in [0.2, 0.25) is 5.91 Å². The number of amides is 1. The van der Waals surface area contributed by atoms with Gasteiger partial charge in [-0.25, -0.2) is 0 Å². The molecule has 0 aliphatic heterocycles. The minimum Gasteiger partial charge on any atom is -0.353 e. The van der Waals surface area contributed by atoms with Crippen LogP contribution >= 0.6 is 11.8 Å². The van der Waals surface area contributed by atoms with Crippen LogP contribution in [0.5, 0.6) is 0 Å². The molecule has 2 unspecified atom stereocenters. The van der Waals surface area contributed by atoms with Crippen molar-refractivity contribution >= 4 is 17.7 Å². The number of thioether (sulfide) groups is 1. The van der Waals surface area contributed by atoms with Crippen molar-refractivity contribution in [3.05, 3.63) is 29.8 Å². The Hall–Kier alpha value is -1.00. The molecule has 1 amide bonds. The minimum atomic E-state index is -0.0642. The molecule has 0 bridgehead atoms. The molecule has 116 valence electrons. The molecule has 1 aliphatic rings. The number of rotatable bonds is 8. The summed E-state index contributed by atoms with van der Waals surface area (Å²) in [5.41, 5.74) is 1.29. The van der Waals surface area contributed by atoms with Crippen molar-refractivity contribution in [1.29, 1.82) is 0 Å². The molecule has 1 fully saturated rings. The van der Waals surface area contributed by atoms with E-state index in [2.05, 4.69) is 41.8 Å². The van der Waals surface area contributed by atoms with Crippen LogP contribution in [0.3, 0.4) is 0 Å². The van der Waals surface area contributed by atoms with E-state index in [9.17, 15) is 4.79 Å². The Morgan fingerprint density at radius 3 is 2.81 bits per heavy atom. The quantitative estimate of drug-likeness (QED) is 0.724. The van der Waals surface area contributed by atoms with E-state index in [0.717, 1.165) is 23.9 Å². The highest BCUT2D eigenvalue weighted by molar-refractivity contribution is 8.00. The van der Waals surface area contributed by atoms with Gasteiger partial charge in [0.1, 0.15) is 0 Å². The summed E-state index contributed by atoms with van der Waals surface area (Å²) in [4.78, 5) is 13.2. The van der Waals surface area contributed by atoms with Gasteiger partial charge in [-0.2, -0.15) is 0 Å². The van der Waals surface area contributed by atoms with Gasteiger partial charge in [-0.15, -0.1) is 11.8 Å². The van der Waals surface area contributed by atoms with Crippen molar-refractivity contribution in [3.63, 3.8) is 0 Å². The Kier molecular flexibility index (Phi) is 6.12. The summed E-state index contributed by atoms with van der Waals surface area (Å²) >= 11 is 1.63. The summed E-state index contributed by atoms with van der Waals surface area (Å²) in [6.45, 7) is 7.02. The average molecular weight is 306 g/mol. The largest absolute Gasteiger partial charge is 0.353 e. The zero-order valence-electron chi connectivity index (χ0n) is 13.2. The molecule has 2 atom stereocenters. The molecule has 0 radical (unpaired) electrons. The van der Waals surface area contributed by atoms with Crippen LogP contribution in [-0.2, 0) is 11.3 Å². The lowest BCUT2D eigenvalue weighted by molar-refractivity contribution is -0.120. The minimum absolute atomic E-state index is 0.0642. The Balaban J connectivity index is 1.85.